The molecule has 0 spiro atoms. The molecule has 0 bridgehead atoms. The van der Waals surface area contributed by atoms with Crippen molar-refractivity contribution in [2.75, 3.05) is 11.4 Å². The average Bonchev–Trinajstić information content (AvgIpc) is 3.27. The predicted molar refractivity (Wildman–Crippen MR) is 132 cm³/mol. The molecule has 0 atom stereocenters. The summed E-state index contributed by atoms with van der Waals surface area (Å²) in [5.41, 5.74) is 0.708. The summed E-state index contributed by atoms with van der Waals surface area (Å²) in [7, 11) is 0. The van der Waals surface area contributed by atoms with Crippen LogP contribution >= 0.6 is 11.6 Å². The summed E-state index contributed by atoms with van der Waals surface area (Å²) in [6.45, 7) is 3.03. The van der Waals surface area contributed by atoms with Gasteiger partial charge in [-0.2, -0.15) is 18.3 Å². The lowest BCUT2D eigenvalue weighted by Gasteiger charge is -2.27. The third-order valence-corrected chi connectivity index (χ3v) is 5.17. The van der Waals surface area contributed by atoms with E-state index < -0.39 is 30.2 Å². The maximum absolute atomic E-state index is 13.6. The van der Waals surface area contributed by atoms with Crippen LogP contribution in [0, 0.1) is 5.82 Å². The number of carbonyl (C=O) groups is 1. The van der Waals surface area contributed by atoms with Crippen LogP contribution in [-0.2, 0) is 4.74 Å². The first-order valence-electron chi connectivity index (χ1n) is 11.2. The van der Waals surface area contributed by atoms with Crippen LogP contribution < -0.4 is 4.90 Å². The Morgan fingerprint density at radius 2 is 1.74 bits per heavy atom. The topological polar surface area (TPSA) is 86.0 Å². The number of alkyl halides is 3. The van der Waals surface area contributed by atoms with Crippen molar-refractivity contribution in [1.82, 2.24) is 25.0 Å². The summed E-state index contributed by atoms with van der Waals surface area (Å²) >= 11 is 5.83. The van der Waals surface area contributed by atoms with Crippen molar-refractivity contribution in [2.45, 2.75) is 32.5 Å². The monoisotopic (exact) mass is 548 g/mol. The zero-order valence-electron chi connectivity index (χ0n) is 20.4. The largest absolute Gasteiger partial charge is 0.443 e. The van der Waals surface area contributed by atoms with Crippen molar-refractivity contribution in [3.05, 3.63) is 71.9 Å². The standard InChI is InChI=1S/C25H21ClF4N6O2/c1-24(2,3)38-23(37)35(14-25(28,29)30)21-12-16(10-11-31-21)18-13-36(20-9-8-19(26)32-33-20)34-22(18)15-4-6-17(27)7-5-15/h4-13H,14H2,1-3H3. The van der Waals surface area contributed by atoms with Crippen LogP contribution in [0.1, 0.15) is 20.8 Å². The number of carbonyl (C=O) groups excluding carboxylic acids is 1. The van der Waals surface area contributed by atoms with E-state index in [1.165, 1.54) is 47.3 Å². The molecule has 8 nitrogen and oxygen atoms in total. The van der Waals surface area contributed by atoms with Gasteiger partial charge in [-0.25, -0.2) is 18.9 Å². The summed E-state index contributed by atoms with van der Waals surface area (Å²) in [6, 6.07) is 11.5. The van der Waals surface area contributed by atoms with Crippen molar-refractivity contribution in [3.63, 3.8) is 0 Å². The van der Waals surface area contributed by atoms with Gasteiger partial charge in [-0.15, -0.1) is 10.2 Å². The maximum atomic E-state index is 13.6. The summed E-state index contributed by atoms with van der Waals surface area (Å²) in [4.78, 5) is 17.1. The molecule has 0 aliphatic heterocycles. The molecule has 0 N–H and O–H groups in total. The maximum Gasteiger partial charge on any atom is 0.416 e. The second kappa shape index (κ2) is 10.4. The lowest BCUT2D eigenvalue weighted by molar-refractivity contribution is -0.119. The van der Waals surface area contributed by atoms with Crippen molar-refractivity contribution in [3.8, 4) is 28.2 Å². The van der Waals surface area contributed by atoms with E-state index in [0.29, 0.717) is 33.1 Å². The molecule has 13 heteroatoms. The number of halogens is 5. The Morgan fingerprint density at radius 3 is 2.34 bits per heavy atom. The van der Waals surface area contributed by atoms with Crippen LogP contribution in [0.25, 0.3) is 28.2 Å². The Balaban J connectivity index is 1.83. The molecular weight excluding hydrogens is 528 g/mol. The van der Waals surface area contributed by atoms with Gasteiger partial charge in [-0.1, -0.05) is 11.6 Å². The summed E-state index contributed by atoms with van der Waals surface area (Å²) in [6.07, 6.45) is -3.07. The Morgan fingerprint density at radius 1 is 1.03 bits per heavy atom. The number of amides is 1. The van der Waals surface area contributed by atoms with E-state index in [2.05, 4.69) is 20.3 Å². The Labute approximate surface area is 219 Å². The number of ether oxygens (including phenoxy) is 1. The number of pyridine rings is 1. The summed E-state index contributed by atoms with van der Waals surface area (Å²) < 4.78 is 60.4. The van der Waals surface area contributed by atoms with E-state index in [1.54, 1.807) is 39.1 Å². The van der Waals surface area contributed by atoms with Crippen molar-refractivity contribution in [1.29, 1.82) is 0 Å². The zero-order valence-corrected chi connectivity index (χ0v) is 21.1. The molecule has 3 heterocycles. The second-order valence-corrected chi connectivity index (χ2v) is 9.53. The van der Waals surface area contributed by atoms with Gasteiger partial charge in [0.15, 0.2) is 11.0 Å². The Bertz CT molecular complexity index is 1430. The number of rotatable bonds is 5. The highest BCUT2D eigenvalue weighted by Gasteiger charge is 2.36. The molecular formula is C25H21ClF4N6O2. The third-order valence-electron chi connectivity index (χ3n) is 4.97. The molecule has 4 rings (SSSR count). The number of hydrogen-bond donors (Lipinski definition) is 0. The molecule has 0 radical (unpaired) electrons. The fourth-order valence-electron chi connectivity index (χ4n) is 3.42. The van der Waals surface area contributed by atoms with Gasteiger partial charge in [0.2, 0.25) is 0 Å². The first-order chi connectivity index (χ1) is 17.8. The van der Waals surface area contributed by atoms with Gasteiger partial charge in [0.05, 0.1) is 0 Å². The molecule has 4 aromatic rings. The number of hydrogen-bond acceptors (Lipinski definition) is 6. The minimum Gasteiger partial charge on any atom is -0.443 e. The third kappa shape index (κ3) is 6.62. The fourth-order valence-corrected chi connectivity index (χ4v) is 3.52. The molecule has 0 saturated heterocycles. The quantitative estimate of drug-likeness (QED) is 0.265. The number of aromatic nitrogens is 5. The van der Waals surface area contributed by atoms with E-state index in [-0.39, 0.29) is 11.0 Å². The number of anilines is 1. The highest BCUT2D eigenvalue weighted by atomic mass is 35.5. The molecule has 0 unspecified atom stereocenters. The number of nitrogens with zero attached hydrogens (tertiary/aromatic N) is 6. The minimum atomic E-state index is -4.72. The van der Waals surface area contributed by atoms with Crippen molar-refractivity contribution in [2.24, 2.45) is 0 Å². The molecule has 198 valence electrons. The molecule has 1 aromatic carbocycles. The predicted octanol–water partition coefficient (Wildman–Crippen LogP) is 6.49. The van der Waals surface area contributed by atoms with Crippen LogP contribution in [-0.4, -0.2) is 49.4 Å². The molecule has 1 amide bonds. The normalized spacial score (nSPS) is 11.9. The Hall–Kier alpha value is -4.06. The van der Waals surface area contributed by atoms with Crippen LogP contribution in [0.3, 0.4) is 0 Å². The molecule has 0 fully saturated rings. The first kappa shape index (κ1) is 27.0. The van der Waals surface area contributed by atoms with Gasteiger partial charge in [0.1, 0.15) is 29.5 Å². The second-order valence-electron chi connectivity index (χ2n) is 9.14. The highest BCUT2D eigenvalue weighted by Crippen LogP contribution is 2.34. The van der Waals surface area contributed by atoms with Crippen LogP contribution in [0.5, 0.6) is 0 Å². The smallest absolute Gasteiger partial charge is 0.416 e. The Kier molecular flexibility index (Phi) is 7.36. The van der Waals surface area contributed by atoms with Crippen LogP contribution in [0.15, 0.2) is 60.9 Å². The van der Waals surface area contributed by atoms with Crippen molar-refractivity contribution >= 4 is 23.5 Å². The molecule has 0 aliphatic carbocycles. The highest BCUT2D eigenvalue weighted by molar-refractivity contribution is 6.29. The van der Waals surface area contributed by atoms with E-state index >= 15 is 0 Å². The van der Waals surface area contributed by atoms with Gasteiger partial charge < -0.3 is 4.74 Å². The average molecular weight is 549 g/mol. The van der Waals surface area contributed by atoms with Gasteiger partial charge in [0.25, 0.3) is 0 Å². The van der Waals surface area contributed by atoms with Crippen LogP contribution in [0.2, 0.25) is 5.15 Å². The number of benzene rings is 1. The van der Waals surface area contributed by atoms with Crippen LogP contribution in [0.4, 0.5) is 28.2 Å². The van der Waals surface area contributed by atoms with E-state index in [1.807, 2.05) is 0 Å². The first-order valence-corrected chi connectivity index (χ1v) is 11.6. The van der Waals surface area contributed by atoms with E-state index in [4.69, 9.17) is 16.3 Å². The SMILES string of the molecule is CC(C)(C)OC(=O)N(CC(F)(F)F)c1cc(-c2cn(-c3ccc(Cl)nn3)nc2-c2ccc(F)cc2)ccn1. The van der Waals surface area contributed by atoms with Gasteiger partial charge in [-0.05, 0) is 74.9 Å². The molecule has 0 saturated carbocycles. The zero-order chi connectivity index (χ0) is 27.7. The summed E-state index contributed by atoms with van der Waals surface area (Å²) in [5.74, 6) is -0.423. The lowest BCUT2D eigenvalue weighted by Crippen LogP contribution is -2.42. The van der Waals surface area contributed by atoms with E-state index in [9.17, 15) is 22.4 Å². The lowest BCUT2D eigenvalue weighted by atomic mass is 10.0. The van der Waals surface area contributed by atoms with Gasteiger partial charge >= 0.3 is 12.3 Å². The fraction of sp³-hybridized carbons (Fsp3) is 0.240. The van der Waals surface area contributed by atoms with Crippen molar-refractivity contribution < 1.29 is 27.1 Å². The molecule has 3 aromatic heterocycles. The molecule has 0 aliphatic rings. The van der Waals surface area contributed by atoms with Gasteiger partial charge in [0, 0.05) is 23.5 Å². The minimum absolute atomic E-state index is 0.172. The van der Waals surface area contributed by atoms with E-state index in [0.717, 1.165) is 0 Å². The van der Waals surface area contributed by atoms with Gasteiger partial charge in [-0.3, -0.25) is 4.90 Å². The molecule has 38 heavy (non-hydrogen) atoms. The summed E-state index contributed by atoms with van der Waals surface area (Å²) in [5, 5.41) is 12.5.